The summed E-state index contributed by atoms with van der Waals surface area (Å²) in [5.41, 5.74) is 1.63. The highest BCUT2D eigenvalue weighted by atomic mass is 16.3. The lowest BCUT2D eigenvalue weighted by Gasteiger charge is -2.16. The summed E-state index contributed by atoms with van der Waals surface area (Å²) in [5.74, 6) is 0. The summed E-state index contributed by atoms with van der Waals surface area (Å²) in [7, 11) is 0. The molecule has 0 amide bonds. The van der Waals surface area contributed by atoms with Crippen LogP contribution in [0.15, 0.2) is 54.6 Å². The van der Waals surface area contributed by atoms with E-state index in [9.17, 15) is 10.2 Å². The lowest BCUT2D eigenvalue weighted by atomic mass is 9.99. The molecule has 0 aliphatic heterocycles. The van der Waals surface area contributed by atoms with Crippen LogP contribution in [0.2, 0.25) is 0 Å². The maximum absolute atomic E-state index is 9.98. The Hall–Kier alpha value is -1.64. The Labute approximate surface area is 101 Å². The van der Waals surface area contributed by atoms with Gasteiger partial charge in [0.2, 0.25) is 0 Å². The molecule has 0 aliphatic rings. The maximum Gasteiger partial charge on any atom is 0.0818 e. The summed E-state index contributed by atoms with van der Waals surface area (Å²) in [4.78, 5) is 0. The molecule has 2 heteroatoms. The van der Waals surface area contributed by atoms with Gasteiger partial charge in [0.25, 0.3) is 0 Å². The molecular weight excluding hydrogens is 212 g/mol. The second-order valence-corrected chi connectivity index (χ2v) is 4.01. The van der Waals surface area contributed by atoms with E-state index in [1.165, 1.54) is 0 Å². The van der Waals surface area contributed by atoms with Gasteiger partial charge < -0.3 is 10.2 Å². The third-order valence-electron chi connectivity index (χ3n) is 2.76. The lowest BCUT2D eigenvalue weighted by molar-refractivity contribution is 0.0804. The van der Waals surface area contributed by atoms with E-state index in [0.717, 1.165) is 11.1 Å². The molecule has 2 rings (SSSR count). The first-order valence-electron chi connectivity index (χ1n) is 5.64. The van der Waals surface area contributed by atoms with Gasteiger partial charge >= 0.3 is 0 Å². The zero-order valence-electron chi connectivity index (χ0n) is 9.45. The average molecular weight is 227 g/mol. The molecule has 2 aromatic rings. The van der Waals surface area contributed by atoms with Crippen molar-refractivity contribution in [2.45, 2.75) is 18.6 Å². The topological polar surface area (TPSA) is 40.5 Å². The molecule has 0 aromatic heterocycles. The number of aliphatic hydroxyl groups is 2. The van der Waals surface area contributed by atoms with Crippen LogP contribution < -0.4 is 0 Å². The highest BCUT2D eigenvalue weighted by Gasteiger charge is 2.14. The molecule has 0 heterocycles. The predicted molar refractivity (Wildman–Crippen MR) is 66.3 cm³/mol. The van der Waals surface area contributed by atoms with Crippen LogP contribution in [0, 0.1) is 6.07 Å². The predicted octanol–water partition coefficient (Wildman–Crippen LogP) is 2.64. The zero-order chi connectivity index (χ0) is 12.1. The summed E-state index contributed by atoms with van der Waals surface area (Å²) in [6.45, 7) is 0. The quantitative estimate of drug-likeness (QED) is 0.843. The van der Waals surface area contributed by atoms with Gasteiger partial charge in [-0.1, -0.05) is 54.6 Å². The molecule has 17 heavy (non-hydrogen) atoms. The monoisotopic (exact) mass is 227 g/mol. The normalized spacial score (nSPS) is 14.2. The molecule has 2 atom stereocenters. The van der Waals surface area contributed by atoms with E-state index in [1.54, 1.807) is 12.1 Å². The number of hydrogen-bond acceptors (Lipinski definition) is 2. The Morgan fingerprint density at radius 2 is 1.35 bits per heavy atom. The third kappa shape index (κ3) is 3.16. The standard InChI is InChI=1S/C15H15O2/c16-14(12-7-3-1-4-8-12)11-15(17)13-9-5-2-6-10-13/h1,3-10,14-17H,11H2. The highest BCUT2D eigenvalue weighted by Crippen LogP contribution is 2.25. The van der Waals surface area contributed by atoms with Gasteiger partial charge in [-0.3, -0.25) is 0 Å². The Bertz CT molecular complexity index is 395. The smallest absolute Gasteiger partial charge is 0.0818 e. The second kappa shape index (κ2) is 5.62. The summed E-state index contributed by atoms with van der Waals surface area (Å²) in [6.07, 6.45) is -0.996. The second-order valence-electron chi connectivity index (χ2n) is 4.01. The van der Waals surface area contributed by atoms with Crippen LogP contribution in [0.5, 0.6) is 0 Å². The number of rotatable bonds is 4. The molecule has 0 fully saturated rings. The SMILES string of the molecule is OC(CC(O)c1ccccc1)c1cc[c]cc1. The van der Waals surface area contributed by atoms with Crippen molar-refractivity contribution in [3.63, 3.8) is 0 Å². The molecule has 2 aromatic carbocycles. The van der Waals surface area contributed by atoms with Gasteiger partial charge in [0, 0.05) is 6.42 Å². The first-order valence-corrected chi connectivity index (χ1v) is 5.64. The van der Waals surface area contributed by atoms with Crippen molar-refractivity contribution in [2.24, 2.45) is 0 Å². The summed E-state index contributed by atoms with van der Waals surface area (Å²) >= 11 is 0. The first-order chi connectivity index (χ1) is 8.27. The number of benzene rings is 2. The van der Waals surface area contributed by atoms with E-state index in [2.05, 4.69) is 6.07 Å². The molecule has 2 nitrogen and oxygen atoms in total. The van der Waals surface area contributed by atoms with Crippen molar-refractivity contribution < 1.29 is 10.2 Å². The van der Waals surface area contributed by atoms with Crippen LogP contribution in [0.1, 0.15) is 29.8 Å². The van der Waals surface area contributed by atoms with Crippen LogP contribution in [0.25, 0.3) is 0 Å². The van der Waals surface area contributed by atoms with E-state index >= 15 is 0 Å². The minimum atomic E-state index is -0.653. The Kier molecular flexibility index (Phi) is 3.91. The van der Waals surface area contributed by atoms with E-state index in [0.29, 0.717) is 6.42 Å². The van der Waals surface area contributed by atoms with Crippen LogP contribution in [-0.4, -0.2) is 10.2 Å². The zero-order valence-corrected chi connectivity index (χ0v) is 9.45. The number of aliphatic hydroxyl groups excluding tert-OH is 2. The van der Waals surface area contributed by atoms with Crippen molar-refractivity contribution >= 4 is 0 Å². The van der Waals surface area contributed by atoms with Crippen molar-refractivity contribution in [1.29, 1.82) is 0 Å². The summed E-state index contributed by atoms with van der Waals surface area (Å²) < 4.78 is 0. The lowest BCUT2D eigenvalue weighted by Crippen LogP contribution is -2.05. The van der Waals surface area contributed by atoms with Crippen molar-refractivity contribution in [3.8, 4) is 0 Å². The molecule has 2 N–H and O–H groups in total. The van der Waals surface area contributed by atoms with Crippen molar-refractivity contribution in [2.75, 3.05) is 0 Å². The third-order valence-corrected chi connectivity index (χ3v) is 2.76. The average Bonchev–Trinajstić information content (AvgIpc) is 2.40. The molecule has 0 saturated carbocycles. The fourth-order valence-corrected chi connectivity index (χ4v) is 1.78. The molecule has 2 unspecified atom stereocenters. The molecule has 0 saturated heterocycles. The molecule has 87 valence electrons. The molecule has 0 bridgehead atoms. The number of hydrogen-bond donors (Lipinski definition) is 2. The van der Waals surface area contributed by atoms with Gasteiger partial charge in [-0.15, -0.1) is 0 Å². The van der Waals surface area contributed by atoms with Gasteiger partial charge in [0.15, 0.2) is 0 Å². The first kappa shape index (κ1) is 11.8. The van der Waals surface area contributed by atoms with Crippen LogP contribution in [0.4, 0.5) is 0 Å². The molecule has 0 spiro atoms. The van der Waals surface area contributed by atoms with Gasteiger partial charge in [-0.05, 0) is 17.2 Å². The van der Waals surface area contributed by atoms with Crippen LogP contribution in [-0.2, 0) is 0 Å². The Balaban J connectivity index is 2.02. The van der Waals surface area contributed by atoms with Gasteiger partial charge in [-0.25, -0.2) is 0 Å². The molecular formula is C15H15O2. The maximum atomic E-state index is 9.98. The fraction of sp³-hybridized carbons (Fsp3) is 0.200. The van der Waals surface area contributed by atoms with Gasteiger partial charge in [0.1, 0.15) is 0 Å². The van der Waals surface area contributed by atoms with Crippen LogP contribution >= 0.6 is 0 Å². The highest BCUT2D eigenvalue weighted by molar-refractivity contribution is 5.20. The molecule has 1 radical (unpaired) electrons. The van der Waals surface area contributed by atoms with E-state index < -0.39 is 12.2 Å². The van der Waals surface area contributed by atoms with Crippen molar-refractivity contribution in [3.05, 3.63) is 71.8 Å². The summed E-state index contributed by atoms with van der Waals surface area (Å²) in [5, 5.41) is 20.0. The van der Waals surface area contributed by atoms with E-state index in [1.807, 2.05) is 42.5 Å². The summed E-state index contributed by atoms with van der Waals surface area (Å²) in [6, 6.07) is 19.4. The van der Waals surface area contributed by atoms with Crippen LogP contribution in [0.3, 0.4) is 0 Å². The Morgan fingerprint density at radius 3 is 1.94 bits per heavy atom. The fourth-order valence-electron chi connectivity index (χ4n) is 1.78. The van der Waals surface area contributed by atoms with E-state index in [4.69, 9.17) is 0 Å². The minimum absolute atomic E-state index is 0.300. The molecule has 0 aliphatic carbocycles. The van der Waals surface area contributed by atoms with Gasteiger partial charge in [-0.2, -0.15) is 0 Å². The van der Waals surface area contributed by atoms with Gasteiger partial charge in [0.05, 0.1) is 12.2 Å². The minimum Gasteiger partial charge on any atom is -0.388 e. The Morgan fingerprint density at radius 1 is 0.824 bits per heavy atom. The van der Waals surface area contributed by atoms with Crippen molar-refractivity contribution in [1.82, 2.24) is 0 Å². The largest absolute Gasteiger partial charge is 0.388 e. The van der Waals surface area contributed by atoms with E-state index in [-0.39, 0.29) is 0 Å².